The second-order valence-corrected chi connectivity index (χ2v) is 6.15. The minimum absolute atomic E-state index is 0.316. The van der Waals surface area contributed by atoms with E-state index in [0.29, 0.717) is 10.9 Å². The molecule has 0 aromatic heterocycles. The SMILES string of the molecule is C[S+]1(O)=Nc2ccc(Br)cc2C(Cl)=N1. The second-order valence-electron chi connectivity index (χ2n) is 2.93. The quantitative estimate of drug-likeness (QED) is 0.732. The molecule has 0 bridgehead atoms. The smallest absolute Gasteiger partial charge is 0.180 e. The molecule has 0 fully saturated rings. The average Bonchev–Trinajstić information content (AvgIpc) is 2.05. The summed E-state index contributed by atoms with van der Waals surface area (Å²) in [5, 5.41) is 0.316. The zero-order chi connectivity index (χ0) is 10.3. The zero-order valence-corrected chi connectivity index (χ0v) is 10.4. The van der Waals surface area contributed by atoms with Crippen LogP contribution in [0.5, 0.6) is 0 Å². The molecule has 1 atom stereocenters. The van der Waals surface area contributed by atoms with Gasteiger partial charge in [0.2, 0.25) is 10.3 Å². The Hall–Kier alpha value is -0.230. The Bertz CT molecular complexity index is 480. The van der Waals surface area contributed by atoms with Crippen molar-refractivity contribution in [3.63, 3.8) is 0 Å². The molecule has 0 saturated heterocycles. The first-order chi connectivity index (χ1) is 6.48. The third-order valence-electron chi connectivity index (χ3n) is 1.71. The molecule has 1 aliphatic heterocycles. The predicted molar refractivity (Wildman–Crippen MR) is 64.5 cm³/mol. The number of hydrogen-bond acceptors (Lipinski definition) is 2. The highest BCUT2D eigenvalue weighted by Gasteiger charge is 2.24. The molecule has 14 heavy (non-hydrogen) atoms. The van der Waals surface area contributed by atoms with Crippen LogP contribution in [-0.4, -0.2) is 16.0 Å². The van der Waals surface area contributed by atoms with Crippen molar-refractivity contribution in [2.75, 3.05) is 6.26 Å². The van der Waals surface area contributed by atoms with Crippen LogP contribution < -0.4 is 0 Å². The van der Waals surface area contributed by atoms with E-state index in [2.05, 4.69) is 24.7 Å². The maximum Gasteiger partial charge on any atom is 0.220 e. The largest absolute Gasteiger partial charge is 0.220 e. The molecule has 1 unspecified atom stereocenters. The van der Waals surface area contributed by atoms with E-state index in [1.54, 1.807) is 12.3 Å². The van der Waals surface area contributed by atoms with Crippen LogP contribution in [0.4, 0.5) is 5.69 Å². The van der Waals surface area contributed by atoms with Gasteiger partial charge in [0.25, 0.3) is 0 Å². The van der Waals surface area contributed by atoms with Crippen LogP contribution in [0.1, 0.15) is 5.56 Å². The molecule has 6 heteroatoms. The van der Waals surface area contributed by atoms with E-state index in [-0.39, 0.29) is 0 Å². The third-order valence-corrected chi connectivity index (χ3v) is 3.66. The van der Waals surface area contributed by atoms with E-state index >= 15 is 0 Å². The summed E-state index contributed by atoms with van der Waals surface area (Å²) in [4.78, 5) is 0. The van der Waals surface area contributed by atoms with E-state index in [0.717, 1.165) is 10.0 Å². The summed E-state index contributed by atoms with van der Waals surface area (Å²) in [5.41, 5.74) is 1.44. The molecule has 0 saturated carbocycles. The van der Waals surface area contributed by atoms with E-state index < -0.39 is 10.3 Å². The van der Waals surface area contributed by atoms with Gasteiger partial charge in [-0.3, -0.25) is 0 Å². The molecule has 1 heterocycles. The molecule has 74 valence electrons. The molecule has 0 amide bonds. The first-order valence-electron chi connectivity index (χ1n) is 3.77. The average molecular weight is 295 g/mol. The Kier molecular flexibility index (Phi) is 2.51. The van der Waals surface area contributed by atoms with Gasteiger partial charge in [0.05, 0.1) is 0 Å². The van der Waals surface area contributed by atoms with Gasteiger partial charge in [0.1, 0.15) is 11.9 Å². The van der Waals surface area contributed by atoms with Gasteiger partial charge in [-0.1, -0.05) is 27.5 Å². The van der Waals surface area contributed by atoms with Crippen LogP contribution in [0, 0.1) is 0 Å². The summed E-state index contributed by atoms with van der Waals surface area (Å²) in [6.45, 7) is 0. The van der Waals surface area contributed by atoms with Gasteiger partial charge in [-0.2, -0.15) is 4.55 Å². The summed E-state index contributed by atoms with van der Waals surface area (Å²) < 4.78 is 18.7. The van der Waals surface area contributed by atoms with Crippen LogP contribution in [0.25, 0.3) is 0 Å². The highest BCUT2D eigenvalue weighted by molar-refractivity contribution is 9.10. The zero-order valence-electron chi connectivity index (χ0n) is 7.24. The highest BCUT2D eigenvalue weighted by Crippen LogP contribution is 2.31. The van der Waals surface area contributed by atoms with E-state index in [9.17, 15) is 4.55 Å². The highest BCUT2D eigenvalue weighted by atomic mass is 79.9. The topological polar surface area (TPSA) is 45.0 Å². The summed E-state index contributed by atoms with van der Waals surface area (Å²) in [7, 11) is -2.29. The number of rotatable bonds is 0. The molecule has 1 aromatic rings. The van der Waals surface area contributed by atoms with Crippen molar-refractivity contribution in [1.82, 2.24) is 0 Å². The normalized spacial score (nSPS) is 25.0. The summed E-state index contributed by atoms with van der Waals surface area (Å²) in [5.74, 6) is 0. The van der Waals surface area contributed by atoms with Gasteiger partial charge in [-0.15, -0.1) is 0 Å². The number of nitrogens with zero attached hydrogens (tertiary/aromatic N) is 2. The fourth-order valence-corrected chi connectivity index (χ4v) is 3.04. The van der Waals surface area contributed by atoms with Gasteiger partial charge < -0.3 is 0 Å². The Morgan fingerprint density at radius 3 is 2.93 bits per heavy atom. The first kappa shape index (κ1) is 10.3. The molecule has 0 aliphatic carbocycles. The van der Waals surface area contributed by atoms with E-state index in [4.69, 9.17) is 11.6 Å². The van der Waals surface area contributed by atoms with Crippen molar-refractivity contribution in [2.45, 2.75) is 0 Å². The fraction of sp³-hybridized carbons (Fsp3) is 0.125. The summed E-state index contributed by atoms with van der Waals surface area (Å²) in [6, 6.07) is 5.49. The lowest BCUT2D eigenvalue weighted by molar-refractivity contribution is 0.636. The van der Waals surface area contributed by atoms with Crippen LogP contribution in [0.3, 0.4) is 0 Å². The summed E-state index contributed by atoms with van der Waals surface area (Å²) in [6.07, 6.45) is 1.57. The lowest BCUT2D eigenvalue weighted by Crippen LogP contribution is -2.10. The first-order valence-corrected chi connectivity index (χ1v) is 6.85. The molecule has 0 radical (unpaired) electrons. The van der Waals surface area contributed by atoms with Crippen LogP contribution in [-0.2, 0) is 10.3 Å². The standard InChI is InChI=1S/C8H7BrClN2OS/c1-14(13)11-7-3-2-5(9)4-6(7)8(10)12-14/h2-4H,1H3,(H,11,12,13)/q+1. The number of halogens is 2. The lowest BCUT2D eigenvalue weighted by Gasteiger charge is -2.09. The maximum atomic E-state index is 9.69. The van der Waals surface area contributed by atoms with Gasteiger partial charge in [0.15, 0.2) is 5.17 Å². The number of hydrogen-bond donors (Lipinski definition) is 1. The molecule has 1 aliphatic rings. The summed E-state index contributed by atoms with van der Waals surface area (Å²) >= 11 is 9.27. The molecule has 0 spiro atoms. The van der Waals surface area contributed by atoms with Crippen molar-refractivity contribution < 1.29 is 4.55 Å². The Balaban J connectivity index is 2.71. The minimum atomic E-state index is -2.29. The monoisotopic (exact) mass is 293 g/mol. The van der Waals surface area contributed by atoms with Crippen molar-refractivity contribution in [1.29, 1.82) is 0 Å². The molecule has 1 aromatic carbocycles. The number of benzene rings is 1. The van der Waals surface area contributed by atoms with Crippen molar-refractivity contribution in [2.24, 2.45) is 8.76 Å². The molecule has 3 nitrogen and oxygen atoms in total. The molecule has 2 rings (SSSR count). The molecular formula is C8H7BrClN2OS+. The number of fused-ring (bicyclic) bond motifs is 1. The van der Waals surface area contributed by atoms with Crippen LogP contribution in [0.2, 0.25) is 0 Å². The Morgan fingerprint density at radius 1 is 1.50 bits per heavy atom. The maximum absolute atomic E-state index is 9.69. The predicted octanol–water partition coefficient (Wildman–Crippen LogP) is 3.44. The van der Waals surface area contributed by atoms with Gasteiger partial charge in [0, 0.05) is 10.0 Å². The third kappa shape index (κ3) is 1.91. The van der Waals surface area contributed by atoms with Crippen LogP contribution in [0.15, 0.2) is 31.4 Å². The van der Waals surface area contributed by atoms with Crippen molar-refractivity contribution in [3.05, 3.63) is 28.2 Å². The van der Waals surface area contributed by atoms with Crippen LogP contribution >= 0.6 is 27.5 Å². The molecular weight excluding hydrogens is 288 g/mol. The fourth-order valence-electron chi connectivity index (χ4n) is 1.16. The van der Waals surface area contributed by atoms with Crippen molar-refractivity contribution in [3.8, 4) is 0 Å². The van der Waals surface area contributed by atoms with Gasteiger partial charge in [-0.05, 0) is 27.0 Å². The van der Waals surface area contributed by atoms with Gasteiger partial charge in [-0.25, -0.2) is 0 Å². The Labute approximate surface area is 96.4 Å². The lowest BCUT2D eigenvalue weighted by atomic mass is 10.2. The Morgan fingerprint density at radius 2 is 2.21 bits per heavy atom. The van der Waals surface area contributed by atoms with Crippen molar-refractivity contribution >= 4 is 48.7 Å². The molecule has 1 N–H and O–H groups in total. The van der Waals surface area contributed by atoms with E-state index in [1.165, 1.54) is 0 Å². The van der Waals surface area contributed by atoms with Gasteiger partial charge >= 0.3 is 0 Å². The van der Waals surface area contributed by atoms with E-state index in [1.807, 2.05) is 12.1 Å². The minimum Gasteiger partial charge on any atom is -0.180 e. The second kappa shape index (κ2) is 3.41.